The van der Waals surface area contributed by atoms with Crippen LogP contribution in [0.15, 0.2) is 42.5 Å². The van der Waals surface area contributed by atoms with Crippen molar-refractivity contribution in [2.45, 2.75) is 39.3 Å². The number of hydrogen-bond acceptors (Lipinski definition) is 3. The summed E-state index contributed by atoms with van der Waals surface area (Å²) in [6, 6.07) is 12.6. The number of nitrogens with zero attached hydrogens (tertiary/aromatic N) is 3. The lowest BCUT2D eigenvalue weighted by molar-refractivity contribution is -0.146. The van der Waals surface area contributed by atoms with Gasteiger partial charge in [0.05, 0.1) is 11.1 Å². The Morgan fingerprint density at radius 1 is 1.07 bits per heavy atom. The zero-order valence-electron chi connectivity index (χ0n) is 15.8. The molecular formula is C22H26FN3O. The maximum absolute atomic E-state index is 13.3. The number of carbonyl (C=O) groups is 1. The van der Waals surface area contributed by atoms with Crippen LogP contribution in [-0.4, -0.2) is 40.3 Å². The number of hydrogen-bond donors (Lipinski definition) is 0. The van der Waals surface area contributed by atoms with E-state index < -0.39 is 0 Å². The van der Waals surface area contributed by atoms with Crippen molar-refractivity contribution in [3.8, 4) is 0 Å². The normalized spacial score (nSPS) is 23.3. The minimum atomic E-state index is -0.262. The van der Waals surface area contributed by atoms with E-state index >= 15 is 0 Å². The molecule has 27 heavy (non-hydrogen) atoms. The third-order valence-corrected chi connectivity index (χ3v) is 5.88. The van der Waals surface area contributed by atoms with E-state index in [4.69, 9.17) is 0 Å². The minimum Gasteiger partial charge on any atom is -0.338 e. The number of likely N-dealkylation sites (tertiary alicyclic amines) is 2. The van der Waals surface area contributed by atoms with Crippen LogP contribution < -0.4 is 0 Å². The predicted molar refractivity (Wildman–Crippen MR) is 102 cm³/mol. The first-order valence-corrected chi connectivity index (χ1v) is 9.73. The number of rotatable bonds is 4. The number of carbonyl (C=O) groups excluding carboxylic acids is 1. The molecule has 0 bridgehead atoms. The van der Waals surface area contributed by atoms with Crippen LogP contribution in [0, 0.1) is 18.2 Å². The van der Waals surface area contributed by atoms with E-state index in [9.17, 15) is 9.18 Å². The quantitative estimate of drug-likeness (QED) is 0.829. The van der Waals surface area contributed by atoms with Crippen LogP contribution in [0.3, 0.4) is 0 Å². The van der Waals surface area contributed by atoms with Gasteiger partial charge in [-0.1, -0.05) is 18.2 Å². The van der Waals surface area contributed by atoms with Crippen LogP contribution in [0.5, 0.6) is 0 Å². The molecule has 142 valence electrons. The highest BCUT2D eigenvalue weighted by Crippen LogP contribution is 2.40. The topological polar surface area (TPSA) is 36.4 Å². The Balaban J connectivity index is 1.43. The van der Waals surface area contributed by atoms with Gasteiger partial charge in [0.25, 0.3) is 0 Å². The first-order chi connectivity index (χ1) is 13.0. The molecule has 1 aromatic carbocycles. The second-order valence-corrected chi connectivity index (χ2v) is 7.97. The summed E-state index contributed by atoms with van der Waals surface area (Å²) >= 11 is 0. The average molecular weight is 367 g/mol. The van der Waals surface area contributed by atoms with Gasteiger partial charge in [0.15, 0.2) is 0 Å². The first kappa shape index (κ1) is 18.1. The van der Waals surface area contributed by atoms with Crippen molar-refractivity contribution >= 4 is 5.91 Å². The number of piperidine rings is 1. The summed E-state index contributed by atoms with van der Waals surface area (Å²) in [5.41, 5.74) is 2.82. The summed E-state index contributed by atoms with van der Waals surface area (Å²) in [5.74, 6) is 0.0224. The molecular weight excluding hydrogens is 341 g/mol. The largest absolute Gasteiger partial charge is 0.338 e. The van der Waals surface area contributed by atoms with Crippen LogP contribution in [-0.2, 0) is 17.9 Å². The Morgan fingerprint density at radius 3 is 2.67 bits per heavy atom. The van der Waals surface area contributed by atoms with E-state index in [0.717, 1.165) is 62.4 Å². The van der Waals surface area contributed by atoms with Gasteiger partial charge in [-0.3, -0.25) is 14.7 Å². The molecule has 2 saturated heterocycles. The number of aromatic nitrogens is 1. The standard InChI is InChI=1S/C22H26FN3O/c1-17-4-2-5-20(24-17)15-25-13-11-22(16-25)10-3-12-26(21(22)27)14-18-6-8-19(23)9-7-18/h2,4-9H,3,10-16H2,1H3/t22-/m1/s1. The molecule has 1 aromatic heterocycles. The molecule has 1 spiro atoms. The van der Waals surface area contributed by atoms with E-state index in [0.29, 0.717) is 6.54 Å². The Labute approximate surface area is 160 Å². The zero-order chi connectivity index (χ0) is 18.9. The molecule has 0 saturated carbocycles. The molecule has 0 radical (unpaired) electrons. The molecule has 2 aromatic rings. The number of aryl methyl sites for hydroxylation is 1. The van der Waals surface area contributed by atoms with Gasteiger partial charge in [0.1, 0.15) is 5.82 Å². The molecule has 2 aliphatic rings. The van der Waals surface area contributed by atoms with Crippen LogP contribution in [0.1, 0.15) is 36.2 Å². The van der Waals surface area contributed by atoms with Gasteiger partial charge in [-0.2, -0.15) is 0 Å². The molecule has 5 heteroatoms. The van der Waals surface area contributed by atoms with Crippen LogP contribution in [0.25, 0.3) is 0 Å². The molecule has 0 unspecified atom stereocenters. The number of benzene rings is 1. The summed E-state index contributed by atoms with van der Waals surface area (Å²) < 4.78 is 13.1. The maximum Gasteiger partial charge on any atom is 0.230 e. The molecule has 2 fully saturated rings. The highest BCUT2D eigenvalue weighted by Gasteiger charge is 2.48. The molecule has 2 aliphatic heterocycles. The van der Waals surface area contributed by atoms with Crippen LogP contribution >= 0.6 is 0 Å². The fourth-order valence-electron chi connectivity index (χ4n) is 4.50. The van der Waals surface area contributed by atoms with Gasteiger partial charge >= 0.3 is 0 Å². The fourth-order valence-corrected chi connectivity index (χ4v) is 4.50. The summed E-state index contributed by atoms with van der Waals surface area (Å²) in [7, 11) is 0. The molecule has 3 heterocycles. The molecule has 1 amide bonds. The lowest BCUT2D eigenvalue weighted by atomic mass is 9.78. The molecule has 1 atom stereocenters. The fraction of sp³-hybridized carbons (Fsp3) is 0.455. The van der Waals surface area contributed by atoms with E-state index in [1.807, 2.05) is 24.0 Å². The number of pyridine rings is 1. The zero-order valence-corrected chi connectivity index (χ0v) is 15.8. The minimum absolute atomic E-state index is 0.239. The smallest absolute Gasteiger partial charge is 0.230 e. The lowest BCUT2D eigenvalue weighted by Gasteiger charge is -2.39. The Kier molecular flexibility index (Phi) is 4.96. The van der Waals surface area contributed by atoms with Gasteiger partial charge in [-0.05, 0) is 62.6 Å². The summed E-state index contributed by atoms with van der Waals surface area (Å²) in [4.78, 5) is 22.2. The van der Waals surface area contributed by atoms with Crippen molar-refractivity contribution in [1.29, 1.82) is 0 Å². The van der Waals surface area contributed by atoms with Crippen molar-refractivity contribution in [2.24, 2.45) is 5.41 Å². The van der Waals surface area contributed by atoms with E-state index in [-0.39, 0.29) is 17.1 Å². The predicted octanol–water partition coefficient (Wildman–Crippen LogP) is 3.54. The van der Waals surface area contributed by atoms with Crippen LogP contribution in [0.4, 0.5) is 4.39 Å². The van der Waals surface area contributed by atoms with Gasteiger partial charge in [0, 0.05) is 31.9 Å². The Hall–Kier alpha value is -2.27. The van der Waals surface area contributed by atoms with Gasteiger partial charge < -0.3 is 4.90 Å². The van der Waals surface area contributed by atoms with Crippen molar-refractivity contribution in [1.82, 2.24) is 14.8 Å². The molecule has 0 N–H and O–H groups in total. The summed E-state index contributed by atoms with van der Waals surface area (Å²) in [6.07, 6.45) is 2.91. The second kappa shape index (κ2) is 7.39. The monoisotopic (exact) mass is 367 g/mol. The van der Waals surface area contributed by atoms with Crippen molar-refractivity contribution < 1.29 is 9.18 Å². The van der Waals surface area contributed by atoms with Gasteiger partial charge in [-0.25, -0.2) is 4.39 Å². The van der Waals surface area contributed by atoms with Crippen molar-refractivity contribution in [3.63, 3.8) is 0 Å². The van der Waals surface area contributed by atoms with Crippen LogP contribution in [0.2, 0.25) is 0 Å². The summed E-state index contributed by atoms with van der Waals surface area (Å²) in [6.45, 7) is 5.91. The highest BCUT2D eigenvalue weighted by molar-refractivity contribution is 5.84. The van der Waals surface area contributed by atoms with Gasteiger partial charge in [0.2, 0.25) is 5.91 Å². The second-order valence-electron chi connectivity index (χ2n) is 7.97. The Morgan fingerprint density at radius 2 is 1.89 bits per heavy atom. The summed E-state index contributed by atoms with van der Waals surface area (Å²) in [5, 5.41) is 0. The third-order valence-electron chi connectivity index (χ3n) is 5.88. The lowest BCUT2D eigenvalue weighted by Crippen LogP contribution is -2.49. The highest BCUT2D eigenvalue weighted by atomic mass is 19.1. The molecule has 0 aliphatic carbocycles. The van der Waals surface area contributed by atoms with Crippen molar-refractivity contribution in [2.75, 3.05) is 19.6 Å². The van der Waals surface area contributed by atoms with Gasteiger partial charge in [-0.15, -0.1) is 0 Å². The average Bonchev–Trinajstić information content (AvgIpc) is 3.04. The first-order valence-electron chi connectivity index (χ1n) is 9.73. The van der Waals surface area contributed by atoms with E-state index in [1.54, 1.807) is 12.1 Å². The third kappa shape index (κ3) is 3.88. The number of halogens is 1. The maximum atomic E-state index is 13.3. The van der Waals surface area contributed by atoms with Crippen molar-refractivity contribution in [3.05, 3.63) is 65.2 Å². The van der Waals surface area contributed by atoms with E-state index in [1.165, 1.54) is 12.1 Å². The Bertz CT molecular complexity index is 823. The molecule has 4 nitrogen and oxygen atoms in total. The SMILES string of the molecule is Cc1cccc(CN2CC[C@]3(CCCN(Cc4ccc(F)cc4)C3=O)C2)n1. The number of amides is 1. The molecule has 4 rings (SSSR count). The van der Waals surface area contributed by atoms with E-state index in [2.05, 4.69) is 16.0 Å².